The van der Waals surface area contributed by atoms with Crippen molar-refractivity contribution in [1.82, 2.24) is 15.3 Å². The zero-order chi connectivity index (χ0) is 11.9. The van der Waals surface area contributed by atoms with Crippen molar-refractivity contribution >= 4 is 11.3 Å². The van der Waals surface area contributed by atoms with Gasteiger partial charge in [0, 0.05) is 37.2 Å². The Bertz CT molecular complexity index is 445. The molecule has 0 unspecified atom stereocenters. The van der Waals surface area contributed by atoms with Gasteiger partial charge in [0.05, 0.1) is 17.8 Å². The number of pyridine rings is 1. The van der Waals surface area contributed by atoms with E-state index in [1.54, 1.807) is 18.4 Å². The number of ether oxygens (including phenoxy) is 1. The summed E-state index contributed by atoms with van der Waals surface area (Å²) in [7, 11) is 1.63. The summed E-state index contributed by atoms with van der Waals surface area (Å²) in [6.07, 6.45) is 2.80. The fraction of sp³-hybridized carbons (Fsp3) is 0.333. The van der Waals surface area contributed by atoms with Gasteiger partial charge >= 0.3 is 0 Å². The second kappa shape index (κ2) is 6.32. The zero-order valence-corrected chi connectivity index (χ0v) is 10.5. The Morgan fingerprint density at radius 2 is 2.35 bits per heavy atom. The SMILES string of the molecule is COc1cccc(CNCCc2nccs2)n1. The molecule has 0 bridgehead atoms. The second-order valence-corrected chi connectivity index (χ2v) is 4.50. The molecule has 0 spiro atoms. The first-order valence-corrected chi connectivity index (χ1v) is 6.35. The Morgan fingerprint density at radius 1 is 1.41 bits per heavy atom. The van der Waals surface area contributed by atoms with E-state index in [4.69, 9.17) is 4.74 Å². The molecule has 0 saturated carbocycles. The summed E-state index contributed by atoms with van der Waals surface area (Å²) in [4.78, 5) is 8.56. The number of rotatable bonds is 6. The number of hydrogen-bond donors (Lipinski definition) is 1. The molecule has 2 aromatic rings. The van der Waals surface area contributed by atoms with Crippen molar-refractivity contribution in [2.24, 2.45) is 0 Å². The number of thiazole rings is 1. The molecule has 0 saturated heterocycles. The first kappa shape index (κ1) is 12.0. The smallest absolute Gasteiger partial charge is 0.213 e. The van der Waals surface area contributed by atoms with Gasteiger partial charge in [0.1, 0.15) is 0 Å². The zero-order valence-electron chi connectivity index (χ0n) is 9.72. The largest absolute Gasteiger partial charge is 0.481 e. The van der Waals surface area contributed by atoms with Gasteiger partial charge in [-0.05, 0) is 6.07 Å². The van der Waals surface area contributed by atoms with Crippen LogP contribution >= 0.6 is 11.3 Å². The van der Waals surface area contributed by atoms with E-state index < -0.39 is 0 Å². The van der Waals surface area contributed by atoms with Crippen molar-refractivity contribution in [2.45, 2.75) is 13.0 Å². The molecule has 0 atom stereocenters. The molecule has 0 amide bonds. The predicted octanol–water partition coefficient (Wildman–Crippen LogP) is 1.88. The van der Waals surface area contributed by atoms with Crippen LogP contribution in [-0.2, 0) is 13.0 Å². The van der Waals surface area contributed by atoms with E-state index in [-0.39, 0.29) is 0 Å². The molecule has 0 fully saturated rings. The fourth-order valence-electron chi connectivity index (χ4n) is 1.46. The highest BCUT2D eigenvalue weighted by Crippen LogP contribution is 2.06. The number of methoxy groups -OCH3 is 1. The highest BCUT2D eigenvalue weighted by atomic mass is 32.1. The van der Waals surface area contributed by atoms with E-state index in [1.165, 1.54) is 0 Å². The molecule has 1 N–H and O–H groups in total. The average molecular weight is 249 g/mol. The summed E-state index contributed by atoms with van der Waals surface area (Å²) < 4.78 is 5.07. The van der Waals surface area contributed by atoms with Crippen LogP contribution in [0.25, 0.3) is 0 Å². The molecule has 0 aliphatic carbocycles. The van der Waals surface area contributed by atoms with Gasteiger partial charge in [-0.25, -0.2) is 9.97 Å². The summed E-state index contributed by atoms with van der Waals surface area (Å²) in [5, 5.41) is 6.50. The van der Waals surface area contributed by atoms with Crippen molar-refractivity contribution < 1.29 is 4.74 Å². The molecule has 2 heterocycles. The number of hydrogen-bond acceptors (Lipinski definition) is 5. The average Bonchev–Trinajstić information content (AvgIpc) is 2.88. The lowest BCUT2D eigenvalue weighted by molar-refractivity contribution is 0.395. The predicted molar refractivity (Wildman–Crippen MR) is 68.3 cm³/mol. The quantitative estimate of drug-likeness (QED) is 0.794. The minimum absolute atomic E-state index is 0.657. The lowest BCUT2D eigenvalue weighted by Gasteiger charge is -2.04. The van der Waals surface area contributed by atoms with Crippen LogP contribution in [0.3, 0.4) is 0 Å². The van der Waals surface area contributed by atoms with Crippen LogP contribution in [0.2, 0.25) is 0 Å². The summed E-state index contributed by atoms with van der Waals surface area (Å²) >= 11 is 1.69. The van der Waals surface area contributed by atoms with Gasteiger partial charge in [0.2, 0.25) is 5.88 Å². The second-order valence-electron chi connectivity index (χ2n) is 3.52. The van der Waals surface area contributed by atoms with Crippen LogP contribution in [0.15, 0.2) is 29.8 Å². The van der Waals surface area contributed by atoms with Gasteiger partial charge in [-0.3, -0.25) is 0 Å². The molecule has 90 valence electrons. The number of aromatic nitrogens is 2. The maximum absolute atomic E-state index is 5.07. The Morgan fingerprint density at radius 3 is 3.12 bits per heavy atom. The van der Waals surface area contributed by atoms with Gasteiger partial charge in [-0.15, -0.1) is 11.3 Å². The number of nitrogens with zero attached hydrogens (tertiary/aromatic N) is 2. The van der Waals surface area contributed by atoms with Crippen LogP contribution in [0.5, 0.6) is 5.88 Å². The first-order valence-electron chi connectivity index (χ1n) is 5.47. The highest BCUT2D eigenvalue weighted by molar-refractivity contribution is 7.09. The molecule has 17 heavy (non-hydrogen) atoms. The van der Waals surface area contributed by atoms with E-state index in [1.807, 2.05) is 29.8 Å². The van der Waals surface area contributed by atoms with E-state index in [0.29, 0.717) is 5.88 Å². The van der Waals surface area contributed by atoms with Crippen LogP contribution < -0.4 is 10.1 Å². The van der Waals surface area contributed by atoms with Crippen LogP contribution in [0.1, 0.15) is 10.7 Å². The molecule has 0 aromatic carbocycles. The normalized spacial score (nSPS) is 10.4. The standard InChI is InChI=1S/C12H15N3OS/c1-16-11-4-2-3-10(15-11)9-13-6-5-12-14-7-8-17-12/h2-4,7-8,13H,5-6,9H2,1H3. The van der Waals surface area contributed by atoms with E-state index in [9.17, 15) is 0 Å². The number of nitrogens with one attached hydrogen (secondary N) is 1. The molecular weight excluding hydrogens is 234 g/mol. The van der Waals surface area contributed by atoms with Crippen molar-refractivity contribution in [3.8, 4) is 5.88 Å². The molecule has 0 aliphatic heterocycles. The molecule has 0 radical (unpaired) electrons. The molecule has 0 aliphatic rings. The third-order valence-corrected chi connectivity index (χ3v) is 3.13. The molecule has 5 heteroatoms. The van der Waals surface area contributed by atoms with Crippen molar-refractivity contribution in [1.29, 1.82) is 0 Å². The monoisotopic (exact) mass is 249 g/mol. The van der Waals surface area contributed by atoms with Crippen LogP contribution in [0.4, 0.5) is 0 Å². The Hall–Kier alpha value is -1.46. The van der Waals surface area contributed by atoms with Gasteiger partial charge in [-0.1, -0.05) is 6.07 Å². The van der Waals surface area contributed by atoms with Crippen molar-refractivity contribution in [3.05, 3.63) is 40.5 Å². The van der Waals surface area contributed by atoms with E-state index in [2.05, 4.69) is 15.3 Å². The Kier molecular flexibility index (Phi) is 4.46. The van der Waals surface area contributed by atoms with E-state index in [0.717, 1.165) is 30.2 Å². The topological polar surface area (TPSA) is 47.0 Å². The Balaban J connectivity index is 1.74. The first-order chi connectivity index (χ1) is 8.38. The minimum atomic E-state index is 0.657. The summed E-state index contributed by atoms with van der Waals surface area (Å²) in [5.41, 5.74) is 0.989. The molecule has 4 nitrogen and oxygen atoms in total. The summed E-state index contributed by atoms with van der Waals surface area (Å²) in [5.74, 6) is 0.657. The van der Waals surface area contributed by atoms with Crippen molar-refractivity contribution in [2.75, 3.05) is 13.7 Å². The lowest BCUT2D eigenvalue weighted by atomic mass is 10.3. The maximum atomic E-state index is 5.07. The van der Waals surface area contributed by atoms with E-state index >= 15 is 0 Å². The Labute approximate surface area is 105 Å². The lowest BCUT2D eigenvalue weighted by Crippen LogP contribution is -2.17. The van der Waals surface area contributed by atoms with Crippen molar-refractivity contribution in [3.63, 3.8) is 0 Å². The maximum Gasteiger partial charge on any atom is 0.213 e. The van der Waals surface area contributed by atoms with Gasteiger partial charge in [0.15, 0.2) is 0 Å². The summed E-state index contributed by atoms with van der Waals surface area (Å²) in [6.45, 7) is 1.66. The molecular formula is C12H15N3OS. The van der Waals surface area contributed by atoms with Gasteiger partial charge in [-0.2, -0.15) is 0 Å². The third-order valence-electron chi connectivity index (χ3n) is 2.30. The minimum Gasteiger partial charge on any atom is -0.481 e. The fourth-order valence-corrected chi connectivity index (χ4v) is 2.08. The molecule has 2 aromatic heterocycles. The van der Waals surface area contributed by atoms with Crippen LogP contribution in [-0.4, -0.2) is 23.6 Å². The van der Waals surface area contributed by atoms with Gasteiger partial charge in [0.25, 0.3) is 0 Å². The third kappa shape index (κ3) is 3.80. The highest BCUT2D eigenvalue weighted by Gasteiger charge is 1.98. The van der Waals surface area contributed by atoms with Crippen LogP contribution in [0, 0.1) is 0 Å². The summed E-state index contributed by atoms with van der Waals surface area (Å²) in [6, 6.07) is 5.78. The van der Waals surface area contributed by atoms with Gasteiger partial charge < -0.3 is 10.1 Å². The molecule has 2 rings (SSSR count).